The number of ether oxygens (including phenoxy) is 3. The number of carbonyl (C=O) groups is 1. The molecule has 2 rings (SSSR count). The number of aromatic amines is 1. The van der Waals surface area contributed by atoms with Gasteiger partial charge >= 0.3 is 5.97 Å². The fourth-order valence-electron chi connectivity index (χ4n) is 2.04. The van der Waals surface area contributed by atoms with Gasteiger partial charge in [-0.1, -0.05) is 0 Å². The molecule has 2 N–H and O–H groups in total. The molecule has 0 radical (unpaired) electrons. The zero-order valence-electron chi connectivity index (χ0n) is 12.0. The van der Waals surface area contributed by atoms with Crippen molar-refractivity contribution in [2.45, 2.75) is 6.61 Å². The van der Waals surface area contributed by atoms with E-state index in [1.165, 1.54) is 13.2 Å². The van der Waals surface area contributed by atoms with Gasteiger partial charge < -0.3 is 19.3 Å². The molecule has 0 aliphatic carbocycles. The number of H-pyrrole nitrogens is 1. The number of aromatic carboxylic acids is 1. The molecular formula is C14H16N2O5. The molecule has 0 aliphatic heterocycles. The van der Waals surface area contributed by atoms with Crippen LogP contribution < -0.4 is 9.47 Å². The van der Waals surface area contributed by atoms with E-state index in [-0.39, 0.29) is 5.69 Å². The second-order valence-electron chi connectivity index (χ2n) is 4.27. The monoisotopic (exact) mass is 292 g/mol. The van der Waals surface area contributed by atoms with Gasteiger partial charge in [0.25, 0.3) is 0 Å². The van der Waals surface area contributed by atoms with Crippen LogP contribution in [0.4, 0.5) is 0 Å². The van der Waals surface area contributed by atoms with E-state index in [1.54, 1.807) is 26.4 Å². The van der Waals surface area contributed by atoms with Crippen LogP contribution in [0.1, 0.15) is 16.1 Å². The number of carboxylic acid groups (broad SMARTS) is 1. The number of nitrogens with one attached hydrogen (secondary N) is 1. The van der Waals surface area contributed by atoms with E-state index < -0.39 is 5.97 Å². The first-order valence-corrected chi connectivity index (χ1v) is 6.13. The molecule has 0 unspecified atom stereocenters. The van der Waals surface area contributed by atoms with Crippen LogP contribution in [0.2, 0.25) is 0 Å². The van der Waals surface area contributed by atoms with Crippen molar-refractivity contribution in [2.75, 3.05) is 21.3 Å². The summed E-state index contributed by atoms with van der Waals surface area (Å²) in [6.07, 6.45) is 0. The number of nitrogens with zero attached hydrogens (tertiary/aromatic N) is 1. The molecule has 0 bridgehead atoms. The first-order chi connectivity index (χ1) is 10.1. The highest BCUT2D eigenvalue weighted by atomic mass is 16.5. The molecule has 1 aromatic heterocycles. The van der Waals surface area contributed by atoms with Crippen LogP contribution >= 0.6 is 0 Å². The van der Waals surface area contributed by atoms with E-state index in [0.29, 0.717) is 29.4 Å². The van der Waals surface area contributed by atoms with Crippen LogP contribution in [0.15, 0.2) is 18.2 Å². The van der Waals surface area contributed by atoms with Gasteiger partial charge in [0.15, 0.2) is 0 Å². The molecule has 2 aromatic rings. The van der Waals surface area contributed by atoms with Crippen LogP contribution in [0.3, 0.4) is 0 Å². The fourth-order valence-corrected chi connectivity index (χ4v) is 2.04. The number of aromatic nitrogens is 2. The lowest BCUT2D eigenvalue weighted by Crippen LogP contribution is -1.98. The smallest absolute Gasteiger partial charge is 0.353 e. The van der Waals surface area contributed by atoms with Crippen molar-refractivity contribution < 1.29 is 24.1 Å². The highest BCUT2D eigenvalue weighted by Crippen LogP contribution is 2.36. The van der Waals surface area contributed by atoms with Gasteiger partial charge in [-0.25, -0.2) is 4.79 Å². The first-order valence-electron chi connectivity index (χ1n) is 6.13. The third-order valence-corrected chi connectivity index (χ3v) is 2.98. The van der Waals surface area contributed by atoms with Crippen molar-refractivity contribution in [1.29, 1.82) is 0 Å². The number of benzene rings is 1. The van der Waals surface area contributed by atoms with E-state index >= 15 is 0 Å². The van der Waals surface area contributed by atoms with E-state index in [1.807, 2.05) is 0 Å². The summed E-state index contributed by atoms with van der Waals surface area (Å²) in [5, 5.41) is 15.5. The van der Waals surface area contributed by atoms with Gasteiger partial charge in [0.2, 0.25) is 0 Å². The minimum absolute atomic E-state index is 0.00578. The van der Waals surface area contributed by atoms with Crippen molar-refractivity contribution in [3.63, 3.8) is 0 Å². The van der Waals surface area contributed by atoms with Crippen LogP contribution in [-0.2, 0) is 11.3 Å². The minimum atomic E-state index is -1.07. The van der Waals surface area contributed by atoms with Gasteiger partial charge in [0.1, 0.15) is 17.2 Å². The Morgan fingerprint density at radius 2 is 2.00 bits per heavy atom. The quantitative estimate of drug-likeness (QED) is 0.845. The van der Waals surface area contributed by atoms with Crippen molar-refractivity contribution in [3.8, 4) is 22.8 Å². The summed E-state index contributed by atoms with van der Waals surface area (Å²) in [5.41, 5.74) is 1.94. The second-order valence-corrected chi connectivity index (χ2v) is 4.27. The molecular weight excluding hydrogens is 276 g/mol. The van der Waals surface area contributed by atoms with Gasteiger partial charge in [-0.05, 0) is 17.7 Å². The van der Waals surface area contributed by atoms with Crippen LogP contribution in [0.25, 0.3) is 11.3 Å². The Kier molecular flexibility index (Phi) is 4.44. The molecule has 7 heteroatoms. The molecule has 0 saturated heterocycles. The third-order valence-electron chi connectivity index (χ3n) is 2.98. The van der Waals surface area contributed by atoms with Gasteiger partial charge in [-0.15, -0.1) is 0 Å². The summed E-state index contributed by atoms with van der Waals surface area (Å²) in [7, 11) is 4.66. The Hall–Kier alpha value is -2.54. The standard InChI is InChI=1S/C14H16N2O5/c1-19-7-8-4-9(20-2)5-12(21-3)13(8)10-6-11(14(17)18)16-15-10/h4-6H,7H2,1-3H3,(H,15,16)(H,17,18). The van der Waals surface area contributed by atoms with Gasteiger partial charge in [-0.3, -0.25) is 5.10 Å². The highest BCUT2D eigenvalue weighted by Gasteiger charge is 2.18. The van der Waals surface area contributed by atoms with Gasteiger partial charge in [0, 0.05) is 18.7 Å². The molecule has 0 atom stereocenters. The molecule has 0 amide bonds. The summed E-state index contributed by atoms with van der Waals surface area (Å²) in [5.74, 6) is 0.0796. The zero-order valence-corrected chi connectivity index (χ0v) is 12.0. The normalized spacial score (nSPS) is 10.4. The third kappa shape index (κ3) is 2.97. The van der Waals surface area contributed by atoms with Gasteiger partial charge in [0.05, 0.1) is 26.5 Å². The van der Waals surface area contributed by atoms with Crippen LogP contribution in [-0.4, -0.2) is 42.6 Å². The average Bonchev–Trinajstić information content (AvgIpc) is 2.96. The van der Waals surface area contributed by atoms with Crippen LogP contribution in [0.5, 0.6) is 11.5 Å². The number of hydrogen-bond donors (Lipinski definition) is 2. The Bertz CT molecular complexity index is 651. The number of methoxy groups -OCH3 is 3. The summed E-state index contributed by atoms with van der Waals surface area (Å²) >= 11 is 0. The van der Waals surface area contributed by atoms with Crippen LogP contribution in [0, 0.1) is 0 Å². The molecule has 1 heterocycles. The van der Waals surface area contributed by atoms with Gasteiger partial charge in [-0.2, -0.15) is 5.10 Å². The van der Waals surface area contributed by atoms with E-state index in [9.17, 15) is 4.79 Å². The molecule has 0 aliphatic rings. The average molecular weight is 292 g/mol. The minimum Gasteiger partial charge on any atom is -0.497 e. The Morgan fingerprint density at radius 3 is 2.52 bits per heavy atom. The maximum absolute atomic E-state index is 11.0. The summed E-state index contributed by atoms with van der Waals surface area (Å²) in [6.45, 7) is 0.318. The number of hydrogen-bond acceptors (Lipinski definition) is 5. The second kappa shape index (κ2) is 6.27. The Balaban J connectivity index is 2.60. The van der Waals surface area contributed by atoms with Crippen molar-refractivity contribution in [2.24, 2.45) is 0 Å². The lowest BCUT2D eigenvalue weighted by molar-refractivity contribution is 0.0690. The SMILES string of the molecule is COCc1cc(OC)cc(OC)c1-c1cc(C(=O)O)[nH]n1. The molecule has 112 valence electrons. The molecule has 0 spiro atoms. The summed E-state index contributed by atoms with van der Waals surface area (Å²) < 4.78 is 15.8. The largest absolute Gasteiger partial charge is 0.497 e. The molecule has 21 heavy (non-hydrogen) atoms. The first kappa shape index (κ1) is 14.9. The molecule has 0 saturated carbocycles. The maximum atomic E-state index is 11.0. The van der Waals surface area contributed by atoms with Crippen molar-refractivity contribution in [3.05, 3.63) is 29.5 Å². The summed E-state index contributed by atoms with van der Waals surface area (Å²) in [6, 6.07) is 4.96. The van der Waals surface area contributed by atoms with E-state index in [0.717, 1.165) is 5.56 Å². The predicted octanol–water partition coefficient (Wildman–Crippen LogP) is 1.94. The lowest BCUT2D eigenvalue weighted by Gasteiger charge is -2.14. The Labute approximate surface area is 121 Å². The topological polar surface area (TPSA) is 93.7 Å². The number of rotatable bonds is 6. The number of carboxylic acids is 1. The molecule has 0 fully saturated rings. The maximum Gasteiger partial charge on any atom is 0.353 e. The van der Waals surface area contributed by atoms with E-state index in [4.69, 9.17) is 19.3 Å². The van der Waals surface area contributed by atoms with Crippen molar-refractivity contribution >= 4 is 5.97 Å². The fraction of sp³-hybridized carbons (Fsp3) is 0.286. The lowest BCUT2D eigenvalue weighted by atomic mass is 10.0. The molecule has 7 nitrogen and oxygen atoms in total. The zero-order chi connectivity index (χ0) is 15.4. The highest BCUT2D eigenvalue weighted by molar-refractivity contribution is 5.87. The molecule has 1 aromatic carbocycles. The predicted molar refractivity (Wildman–Crippen MR) is 74.8 cm³/mol. The summed E-state index contributed by atoms with van der Waals surface area (Å²) in [4.78, 5) is 11.0. The van der Waals surface area contributed by atoms with E-state index in [2.05, 4.69) is 10.2 Å². The van der Waals surface area contributed by atoms with Crippen molar-refractivity contribution in [1.82, 2.24) is 10.2 Å². The Morgan fingerprint density at radius 1 is 1.24 bits per heavy atom.